The summed E-state index contributed by atoms with van der Waals surface area (Å²) >= 11 is 13.0. The maximum Gasteiger partial charge on any atom is 0.288 e. The summed E-state index contributed by atoms with van der Waals surface area (Å²) < 4.78 is 1.95. The predicted octanol–water partition coefficient (Wildman–Crippen LogP) is 8.21. The van der Waals surface area contributed by atoms with Gasteiger partial charge < -0.3 is 0 Å². The molecule has 1 saturated carbocycles. The SMILES string of the molecule is O=C(c1ccc(Cl)c([N+](=O)[O-])c1)N1N=C2/C(=C/c3ccc(Br)cc3)CCC[C@@H]2[C@@H]1c1ccc(Br)cc1. The largest absolute Gasteiger partial charge is 0.288 e. The van der Waals surface area contributed by atoms with Crippen molar-refractivity contribution in [3.05, 3.63) is 113 Å². The summed E-state index contributed by atoms with van der Waals surface area (Å²) in [4.78, 5) is 24.6. The lowest BCUT2D eigenvalue weighted by Gasteiger charge is -2.29. The maximum absolute atomic E-state index is 13.7. The molecule has 0 radical (unpaired) electrons. The Morgan fingerprint density at radius 3 is 2.39 bits per heavy atom. The van der Waals surface area contributed by atoms with Crippen LogP contribution in [0.3, 0.4) is 0 Å². The van der Waals surface area contributed by atoms with Crippen LogP contribution in [0.15, 0.2) is 86.3 Å². The van der Waals surface area contributed by atoms with Crippen LogP contribution in [-0.4, -0.2) is 21.6 Å². The third-order valence-corrected chi connectivity index (χ3v) is 7.90. The Morgan fingerprint density at radius 2 is 1.72 bits per heavy atom. The molecule has 3 aromatic carbocycles. The maximum atomic E-state index is 13.7. The summed E-state index contributed by atoms with van der Waals surface area (Å²) in [5.74, 6) is -0.375. The molecule has 1 aliphatic carbocycles. The average molecular weight is 630 g/mol. The Balaban J connectivity index is 1.59. The smallest absolute Gasteiger partial charge is 0.267 e. The standard InChI is InChI=1S/C27H20Br2ClN3O3/c28-20-9-4-16(5-10-20)14-18-2-1-3-22-25(18)31-32(26(22)17-6-11-21(29)12-7-17)27(34)19-8-13-23(30)24(15-19)33(35)36/h4-15,22,26H,1-3H2/b18-14+/t22-,26-/m0/s1. The van der Waals surface area contributed by atoms with Gasteiger partial charge in [0.25, 0.3) is 11.6 Å². The predicted molar refractivity (Wildman–Crippen MR) is 148 cm³/mol. The van der Waals surface area contributed by atoms with Crippen LogP contribution in [0.1, 0.15) is 46.8 Å². The van der Waals surface area contributed by atoms with Crippen LogP contribution in [0.4, 0.5) is 5.69 Å². The van der Waals surface area contributed by atoms with Crippen molar-refractivity contribution in [2.24, 2.45) is 11.0 Å². The van der Waals surface area contributed by atoms with Crippen molar-refractivity contribution in [2.45, 2.75) is 25.3 Å². The molecule has 6 nitrogen and oxygen atoms in total. The number of fused-ring (bicyclic) bond motifs is 1. The first-order valence-electron chi connectivity index (χ1n) is 11.4. The number of halogens is 3. The van der Waals surface area contributed by atoms with Crippen LogP contribution in [0, 0.1) is 16.0 Å². The van der Waals surface area contributed by atoms with Gasteiger partial charge in [-0.1, -0.05) is 67.7 Å². The number of benzene rings is 3. The highest BCUT2D eigenvalue weighted by atomic mass is 79.9. The van der Waals surface area contributed by atoms with Crippen LogP contribution in [0.5, 0.6) is 0 Å². The molecule has 1 aliphatic heterocycles. The highest BCUT2D eigenvalue weighted by molar-refractivity contribution is 9.10. The van der Waals surface area contributed by atoms with Gasteiger partial charge in [0, 0.05) is 26.5 Å². The molecule has 9 heteroatoms. The Morgan fingerprint density at radius 1 is 1.06 bits per heavy atom. The number of amides is 1. The molecule has 0 bridgehead atoms. The second-order valence-electron chi connectivity index (χ2n) is 8.77. The number of hydrazone groups is 1. The normalized spacial score (nSPS) is 20.2. The fourth-order valence-corrected chi connectivity index (χ4v) is 5.55. The number of hydrogen-bond acceptors (Lipinski definition) is 4. The van der Waals surface area contributed by atoms with Crippen molar-refractivity contribution in [3.63, 3.8) is 0 Å². The molecule has 2 aliphatic rings. The lowest BCUT2D eigenvalue weighted by atomic mass is 9.77. The molecule has 5 rings (SSSR count). The second kappa shape index (κ2) is 10.3. The van der Waals surface area contributed by atoms with Gasteiger partial charge in [-0.05, 0) is 78.4 Å². The van der Waals surface area contributed by atoms with E-state index in [1.54, 1.807) is 0 Å². The zero-order valence-electron chi connectivity index (χ0n) is 18.9. The zero-order valence-corrected chi connectivity index (χ0v) is 22.8. The molecule has 1 fully saturated rings. The Bertz CT molecular complexity index is 1400. The van der Waals surface area contributed by atoms with E-state index >= 15 is 0 Å². The topological polar surface area (TPSA) is 75.8 Å². The third-order valence-electron chi connectivity index (χ3n) is 6.52. The number of rotatable bonds is 4. The van der Waals surface area contributed by atoms with Gasteiger partial charge in [0.2, 0.25) is 0 Å². The molecular weight excluding hydrogens is 610 g/mol. The molecule has 0 unspecified atom stereocenters. The van der Waals surface area contributed by atoms with Gasteiger partial charge in [-0.15, -0.1) is 0 Å². The van der Waals surface area contributed by atoms with E-state index in [1.807, 2.05) is 48.5 Å². The number of allylic oxidation sites excluding steroid dienone is 1. The van der Waals surface area contributed by atoms with Crippen LogP contribution in [0.25, 0.3) is 6.08 Å². The van der Waals surface area contributed by atoms with Crippen LogP contribution in [-0.2, 0) is 0 Å². The molecular formula is C27H20Br2ClN3O3. The van der Waals surface area contributed by atoms with Crippen molar-refractivity contribution in [1.82, 2.24) is 5.01 Å². The van der Waals surface area contributed by atoms with E-state index in [0.717, 1.165) is 50.6 Å². The Kier molecular flexibility index (Phi) is 7.10. The van der Waals surface area contributed by atoms with Crippen molar-refractivity contribution < 1.29 is 9.72 Å². The van der Waals surface area contributed by atoms with E-state index in [-0.39, 0.29) is 28.2 Å². The fourth-order valence-electron chi connectivity index (χ4n) is 4.84. The number of nitro groups is 1. The van der Waals surface area contributed by atoms with Gasteiger partial charge in [0.15, 0.2) is 0 Å². The molecule has 0 saturated heterocycles. The number of carbonyl (C=O) groups is 1. The highest BCUT2D eigenvalue weighted by Crippen LogP contribution is 2.45. The second-order valence-corrected chi connectivity index (χ2v) is 11.0. The minimum atomic E-state index is -0.583. The minimum absolute atomic E-state index is 0.0119. The number of nitro benzene ring substituents is 1. The summed E-state index contributed by atoms with van der Waals surface area (Å²) in [6, 6.07) is 19.8. The first-order chi connectivity index (χ1) is 17.3. The molecule has 2 atom stereocenters. The van der Waals surface area contributed by atoms with Gasteiger partial charge in [0.1, 0.15) is 5.02 Å². The lowest BCUT2D eigenvalue weighted by molar-refractivity contribution is -0.384. The quantitative estimate of drug-likeness (QED) is 0.216. The monoisotopic (exact) mass is 627 g/mol. The van der Waals surface area contributed by atoms with E-state index in [9.17, 15) is 14.9 Å². The first-order valence-corrected chi connectivity index (χ1v) is 13.4. The number of carbonyl (C=O) groups excluding carboxylic acids is 1. The number of hydrogen-bond donors (Lipinski definition) is 0. The van der Waals surface area contributed by atoms with Gasteiger partial charge in [-0.25, -0.2) is 5.01 Å². The van der Waals surface area contributed by atoms with Gasteiger partial charge >= 0.3 is 0 Å². The highest BCUT2D eigenvalue weighted by Gasteiger charge is 2.44. The Hall–Kier alpha value is -2.81. The van der Waals surface area contributed by atoms with Crippen LogP contribution < -0.4 is 0 Å². The van der Waals surface area contributed by atoms with Gasteiger partial charge in [-0.2, -0.15) is 5.10 Å². The van der Waals surface area contributed by atoms with Crippen LogP contribution >= 0.6 is 43.5 Å². The molecule has 0 N–H and O–H groups in total. The number of nitrogens with zero attached hydrogens (tertiary/aromatic N) is 3. The molecule has 1 amide bonds. The van der Waals surface area contributed by atoms with Gasteiger partial charge in [-0.3, -0.25) is 14.9 Å². The van der Waals surface area contributed by atoms with Crippen molar-refractivity contribution >= 4 is 66.8 Å². The van der Waals surface area contributed by atoms with E-state index in [0.29, 0.717) is 0 Å². The van der Waals surface area contributed by atoms with Gasteiger partial charge in [0.05, 0.1) is 16.7 Å². The molecule has 0 spiro atoms. The first kappa shape index (κ1) is 24.9. The lowest BCUT2D eigenvalue weighted by Crippen LogP contribution is -2.32. The molecule has 3 aromatic rings. The molecule has 182 valence electrons. The average Bonchev–Trinajstić information content (AvgIpc) is 3.26. The molecule has 1 heterocycles. The summed E-state index contributed by atoms with van der Waals surface area (Å²) in [5, 5.41) is 17.8. The zero-order chi connectivity index (χ0) is 25.4. The van der Waals surface area contributed by atoms with E-state index in [1.165, 1.54) is 23.2 Å². The summed E-state index contributed by atoms with van der Waals surface area (Å²) in [7, 11) is 0. The van der Waals surface area contributed by atoms with Crippen LogP contribution in [0.2, 0.25) is 5.02 Å². The molecule has 36 heavy (non-hydrogen) atoms. The summed E-state index contributed by atoms with van der Waals surface area (Å²) in [6.45, 7) is 0. The Labute approximate surface area is 230 Å². The van der Waals surface area contributed by atoms with Crippen molar-refractivity contribution in [1.29, 1.82) is 0 Å². The van der Waals surface area contributed by atoms with E-state index in [2.05, 4.69) is 37.9 Å². The fraction of sp³-hybridized carbons (Fsp3) is 0.185. The molecule has 0 aromatic heterocycles. The summed E-state index contributed by atoms with van der Waals surface area (Å²) in [5.41, 5.74) is 3.90. The van der Waals surface area contributed by atoms with E-state index in [4.69, 9.17) is 16.7 Å². The summed E-state index contributed by atoms with van der Waals surface area (Å²) in [6.07, 6.45) is 4.87. The van der Waals surface area contributed by atoms with E-state index < -0.39 is 10.8 Å². The third kappa shape index (κ3) is 4.90. The van der Waals surface area contributed by atoms with Crippen molar-refractivity contribution in [2.75, 3.05) is 0 Å². The minimum Gasteiger partial charge on any atom is -0.267 e. The van der Waals surface area contributed by atoms with Crippen molar-refractivity contribution in [3.8, 4) is 0 Å².